The Morgan fingerprint density at radius 2 is 2.04 bits per heavy atom. The maximum Gasteiger partial charge on any atom is 0.255 e. The highest BCUT2D eigenvalue weighted by molar-refractivity contribution is 7.89. The molecule has 9 heteroatoms. The molecule has 0 radical (unpaired) electrons. The molecule has 1 atom stereocenters. The number of benzene rings is 2. The van der Waals surface area contributed by atoms with Crippen molar-refractivity contribution >= 4 is 21.6 Å². The van der Waals surface area contributed by atoms with Gasteiger partial charge < -0.3 is 14.8 Å². The topological polar surface area (TPSA) is 93.7 Å². The molecule has 1 aliphatic rings. The molecule has 2 aromatic rings. The third-order valence-electron chi connectivity index (χ3n) is 4.40. The number of carbonyl (C=O) groups excluding carboxylic acids is 1. The number of amides is 1. The van der Waals surface area contributed by atoms with Crippen molar-refractivity contribution in [2.24, 2.45) is 0 Å². The van der Waals surface area contributed by atoms with Crippen molar-refractivity contribution in [3.63, 3.8) is 0 Å². The largest absolute Gasteiger partial charge is 0.495 e. The number of hydrogen-bond donors (Lipinski definition) is 2. The molecule has 1 unspecified atom stereocenters. The highest BCUT2D eigenvalue weighted by Crippen LogP contribution is 2.28. The zero-order valence-corrected chi connectivity index (χ0v) is 16.3. The minimum absolute atomic E-state index is 0.00853. The molecule has 2 aromatic carbocycles. The summed E-state index contributed by atoms with van der Waals surface area (Å²) in [4.78, 5) is 12.5. The SMILES string of the molecule is COc1ccc(S(=O)(=O)NC2CCOC2)cc1NC(=O)c1ccc(F)c(C)c1. The van der Waals surface area contributed by atoms with E-state index in [0.29, 0.717) is 30.9 Å². The van der Waals surface area contributed by atoms with Crippen LogP contribution in [0.5, 0.6) is 5.75 Å². The van der Waals surface area contributed by atoms with Crippen LogP contribution in [0.25, 0.3) is 0 Å². The van der Waals surface area contributed by atoms with Crippen molar-refractivity contribution < 1.29 is 27.1 Å². The third-order valence-corrected chi connectivity index (χ3v) is 5.92. The molecule has 3 rings (SSSR count). The lowest BCUT2D eigenvalue weighted by molar-refractivity contribution is 0.102. The molecule has 150 valence electrons. The van der Waals surface area contributed by atoms with Crippen LogP contribution in [-0.4, -0.2) is 40.7 Å². The van der Waals surface area contributed by atoms with Crippen LogP contribution < -0.4 is 14.8 Å². The van der Waals surface area contributed by atoms with E-state index < -0.39 is 21.7 Å². The smallest absolute Gasteiger partial charge is 0.255 e. The molecule has 0 aromatic heterocycles. The molecular weight excluding hydrogens is 387 g/mol. The maximum atomic E-state index is 13.4. The van der Waals surface area contributed by atoms with Gasteiger partial charge in [-0.3, -0.25) is 4.79 Å². The van der Waals surface area contributed by atoms with Gasteiger partial charge in [0.2, 0.25) is 10.0 Å². The van der Waals surface area contributed by atoms with Crippen LogP contribution in [0, 0.1) is 12.7 Å². The molecule has 0 aliphatic carbocycles. The van der Waals surface area contributed by atoms with Gasteiger partial charge >= 0.3 is 0 Å². The second kappa shape index (κ2) is 8.26. The molecule has 1 amide bonds. The molecule has 0 spiro atoms. The van der Waals surface area contributed by atoms with E-state index in [2.05, 4.69) is 10.0 Å². The van der Waals surface area contributed by atoms with Gasteiger partial charge in [0.1, 0.15) is 11.6 Å². The van der Waals surface area contributed by atoms with E-state index in [-0.39, 0.29) is 22.2 Å². The van der Waals surface area contributed by atoms with Gasteiger partial charge in [0, 0.05) is 18.2 Å². The van der Waals surface area contributed by atoms with Gasteiger partial charge in [0.05, 0.1) is 24.3 Å². The van der Waals surface area contributed by atoms with Gasteiger partial charge in [-0.25, -0.2) is 17.5 Å². The molecule has 2 N–H and O–H groups in total. The van der Waals surface area contributed by atoms with Crippen LogP contribution in [0.1, 0.15) is 22.3 Å². The summed E-state index contributed by atoms with van der Waals surface area (Å²) in [6.07, 6.45) is 0.600. The van der Waals surface area contributed by atoms with Gasteiger partial charge in [-0.1, -0.05) is 0 Å². The number of anilines is 1. The minimum atomic E-state index is -3.79. The summed E-state index contributed by atoms with van der Waals surface area (Å²) in [5.41, 5.74) is 0.773. The van der Waals surface area contributed by atoms with Gasteiger partial charge in [-0.2, -0.15) is 0 Å². The highest BCUT2D eigenvalue weighted by atomic mass is 32.2. The van der Waals surface area contributed by atoms with Crippen molar-refractivity contribution in [3.05, 3.63) is 53.3 Å². The molecular formula is C19H21FN2O5S. The second-order valence-electron chi connectivity index (χ2n) is 6.46. The molecule has 1 fully saturated rings. The number of methoxy groups -OCH3 is 1. The molecule has 1 saturated heterocycles. The Balaban J connectivity index is 1.86. The number of sulfonamides is 1. The summed E-state index contributed by atoms with van der Waals surface area (Å²) in [6.45, 7) is 2.38. The Hall–Kier alpha value is -2.49. The fourth-order valence-electron chi connectivity index (χ4n) is 2.85. The summed E-state index contributed by atoms with van der Waals surface area (Å²) < 4.78 is 51.6. The number of carbonyl (C=O) groups is 1. The van der Waals surface area contributed by atoms with Gasteiger partial charge in [-0.15, -0.1) is 0 Å². The van der Waals surface area contributed by atoms with Crippen molar-refractivity contribution in [2.45, 2.75) is 24.3 Å². The second-order valence-corrected chi connectivity index (χ2v) is 8.18. The summed E-state index contributed by atoms with van der Waals surface area (Å²) in [7, 11) is -2.38. The van der Waals surface area contributed by atoms with Gasteiger partial charge in [-0.05, 0) is 55.3 Å². The number of rotatable bonds is 6. The first kappa shape index (κ1) is 20.2. The van der Waals surface area contributed by atoms with Crippen LogP contribution in [-0.2, 0) is 14.8 Å². The van der Waals surface area contributed by atoms with E-state index in [1.807, 2.05) is 0 Å². The molecule has 0 saturated carbocycles. The van der Waals surface area contributed by atoms with Crippen molar-refractivity contribution in [1.29, 1.82) is 0 Å². The number of aryl methyl sites for hydroxylation is 1. The summed E-state index contributed by atoms with van der Waals surface area (Å²) >= 11 is 0. The number of ether oxygens (including phenoxy) is 2. The average Bonchev–Trinajstić information content (AvgIpc) is 3.16. The van der Waals surface area contributed by atoms with Crippen molar-refractivity contribution in [3.8, 4) is 5.75 Å². The van der Waals surface area contributed by atoms with E-state index >= 15 is 0 Å². The van der Waals surface area contributed by atoms with E-state index in [9.17, 15) is 17.6 Å². The Morgan fingerprint density at radius 1 is 1.25 bits per heavy atom. The quantitative estimate of drug-likeness (QED) is 0.766. The van der Waals surface area contributed by atoms with Crippen molar-refractivity contribution in [2.75, 3.05) is 25.6 Å². The molecule has 0 bridgehead atoms. The van der Waals surface area contributed by atoms with Crippen LogP contribution in [0.15, 0.2) is 41.3 Å². The first-order chi connectivity index (χ1) is 13.3. The summed E-state index contributed by atoms with van der Waals surface area (Å²) in [5.74, 6) is -0.618. The first-order valence-electron chi connectivity index (χ1n) is 8.66. The molecule has 28 heavy (non-hydrogen) atoms. The molecule has 1 aliphatic heterocycles. The van der Waals surface area contributed by atoms with Crippen LogP contribution in [0.3, 0.4) is 0 Å². The Labute approximate surface area is 162 Å². The van der Waals surface area contributed by atoms with E-state index in [0.717, 1.165) is 0 Å². The fourth-order valence-corrected chi connectivity index (χ4v) is 4.13. The van der Waals surface area contributed by atoms with Crippen LogP contribution in [0.2, 0.25) is 0 Å². The summed E-state index contributed by atoms with van der Waals surface area (Å²) in [5, 5.41) is 2.63. The number of hydrogen-bond acceptors (Lipinski definition) is 5. The number of nitrogens with one attached hydrogen (secondary N) is 2. The lowest BCUT2D eigenvalue weighted by Crippen LogP contribution is -2.35. The van der Waals surface area contributed by atoms with Crippen LogP contribution >= 0.6 is 0 Å². The monoisotopic (exact) mass is 408 g/mol. The highest BCUT2D eigenvalue weighted by Gasteiger charge is 2.24. The predicted octanol–water partition coefficient (Wildman–Crippen LogP) is 2.46. The maximum absolute atomic E-state index is 13.4. The number of halogens is 1. The van der Waals surface area contributed by atoms with Crippen molar-refractivity contribution in [1.82, 2.24) is 4.72 Å². The Bertz CT molecular complexity index is 988. The summed E-state index contributed by atoms with van der Waals surface area (Å²) in [6, 6.07) is 7.87. The fraction of sp³-hybridized carbons (Fsp3) is 0.316. The van der Waals surface area contributed by atoms with E-state index in [4.69, 9.17) is 9.47 Å². The Morgan fingerprint density at radius 3 is 2.68 bits per heavy atom. The Kier molecular flexibility index (Phi) is 5.97. The lowest BCUT2D eigenvalue weighted by atomic mass is 10.1. The zero-order valence-electron chi connectivity index (χ0n) is 15.5. The van der Waals surface area contributed by atoms with E-state index in [1.54, 1.807) is 6.92 Å². The first-order valence-corrected chi connectivity index (χ1v) is 10.1. The predicted molar refractivity (Wildman–Crippen MR) is 102 cm³/mol. The normalized spacial score (nSPS) is 16.8. The van der Waals surface area contributed by atoms with Gasteiger partial charge in [0.25, 0.3) is 5.91 Å². The third kappa shape index (κ3) is 4.49. The van der Waals surface area contributed by atoms with E-state index in [1.165, 1.54) is 43.5 Å². The molecule has 7 nitrogen and oxygen atoms in total. The zero-order chi connectivity index (χ0) is 20.3. The molecule has 1 heterocycles. The standard InChI is InChI=1S/C19H21FN2O5S/c1-12-9-13(3-5-16(12)20)19(23)21-17-10-15(4-6-18(17)26-2)28(24,25)22-14-7-8-27-11-14/h3-6,9-10,14,22H,7-8,11H2,1-2H3,(H,21,23). The van der Waals surface area contributed by atoms with Gasteiger partial charge in [0.15, 0.2) is 0 Å². The minimum Gasteiger partial charge on any atom is -0.495 e. The lowest BCUT2D eigenvalue weighted by Gasteiger charge is -2.15. The average molecular weight is 408 g/mol. The van der Waals surface area contributed by atoms with Crippen LogP contribution in [0.4, 0.5) is 10.1 Å².